The average molecular weight is 575 g/mol. The normalized spacial score (nSPS) is 18.4. The lowest BCUT2D eigenvalue weighted by atomic mass is 10.0. The van der Waals surface area contributed by atoms with Crippen molar-refractivity contribution in [2.75, 3.05) is 81.5 Å². The van der Waals surface area contributed by atoms with Crippen molar-refractivity contribution in [1.29, 1.82) is 0 Å². The number of rotatable bonds is 11. The van der Waals surface area contributed by atoms with Gasteiger partial charge < -0.3 is 30.5 Å². The number of nitrogens with one attached hydrogen (secondary N) is 3. The van der Waals surface area contributed by atoms with Crippen LogP contribution in [0.1, 0.15) is 25.7 Å². The Labute approximate surface area is 240 Å². The van der Waals surface area contributed by atoms with Crippen molar-refractivity contribution >= 4 is 46.3 Å². The minimum absolute atomic E-state index is 0.103. The number of hydrogen-bond donors (Lipinski definition) is 3. The first-order valence-electron chi connectivity index (χ1n) is 13.7. The van der Waals surface area contributed by atoms with Gasteiger partial charge in [-0.25, -0.2) is 9.37 Å². The Hall–Kier alpha value is -3.15. The minimum atomic E-state index is -0.362. The first-order chi connectivity index (χ1) is 19.3. The summed E-state index contributed by atoms with van der Waals surface area (Å²) in [7, 11) is 5.82. The van der Waals surface area contributed by atoms with Gasteiger partial charge >= 0.3 is 0 Å². The Morgan fingerprint density at radius 3 is 2.70 bits per heavy atom. The number of methoxy groups -OCH3 is 1. The Kier molecular flexibility index (Phi) is 10.4. The van der Waals surface area contributed by atoms with Crippen LogP contribution in [0.15, 0.2) is 31.0 Å². The highest BCUT2D eigenvalue weighted by atomic mass is 35.5. The fourth-order valence-corrected chi connectivity index (χ4v) is 5.49. The second-order valence-electron chi connectivity index (χ2n) is 10.4. The van der Waals surface area contributed by atoms with Crippen LogP contribution < -0.4 is 25.6 Å². The van der Waals surface area contributed by atoms with Crippen molar-refractivity contribution in [3.63, 3.8) is 0 Å². The molecule has 3 N–H and O–H groups in total. The van der Waals surface area contributed by atoms with E-state index in [4.69, 9.17) is 16.3 Å². The van der Waals surface area contributed by atoms with Gasteiger partial charge in [-0.3, -0.25) is 9.69 Å². The number of ether oxygens (including phenoxy) is 1. The van der Waals surface area contributed by atoms with Crippen LogP contribution >= 0.6 is 11.6 Å². The zero-order valence-corrected chi connectivity index (χ0v) is 24.3. The summed E-state index contributed by atoms with van der Waals surface area (Å²) in [6.07, 6.45) is 6.74. The van der Waals surface area contributed by atoms with E-state index < -0.39 is 0 Å². The van der Waals surface area contributed by atoms with E-state index in [-0.39, 0.29) is 18.6 Å². The molecule has 0 aliphatic carbocycles. The topological polar surface area (TPSA) is 97.9 Å². The molecule has 40 heavy (non-hydrogen) atoms. The van der Waals surface area contributed by atoms with E-state index >= 15 is 0 Å². The lowest BCUT2D eigenvalue weighted by molar-refractivity contribution is -0.111. The number of alkyl halides is 1. The van der Waals surface area contributed by atoms with Gasteiger partial charge in [-0.15, -0.1) is 0 Å². The van der Waals surface area contributed by atoms with Gasteiger partial charge in [0.1, 0.15) is 17.4 Å². The molecule has 1 aromatic carbocycles. The molecule has 1 amide bonds. The Balaban J connectivity index is 1.57. The molecule has 2 saturated heterocycles. The van der Waals surface area contributed by atoms with Crippen LogP contribution in [0.3, 0.4) is 0 Å². The third kappa shape index (κ3) is 7.52. The largest absolute Gasteiger partial charge is 0.494 e. The fraction of sp³-hybridized carbons (Fsp3) is 0.536. The van der Waals surface area contributed by atoms with Crippen LogP contribution in [-0.2, 0) is 4.79 Å². The quantitative estimate of drug-likeness (QED) is 0.338. The van der Waals surface area contributed by atoms with Crippen LogP contribution in [-0.4, -0.2) is 98.4 Å². The van der Waals surface area contributed by atoms with Gasteiger partial charge in [0, 0.05) is 44.3 Å². The van der Waals surface area contributed by atoms with Gasteiger partial charge in [-0.2, -0.15) is 4.98 Å². The van der Waals surface area contributed by atoms with E-state index in [0.29, 0.717) is 46.5 Å². The number of benzene rings is 1. The Morgan fingerprint density at radius 2 is 2.02 bits per heavy atom. The maximum Gasteiger partial charge on any atom is 0.247 e. The van der Waals surface area contributed by atoms with E-state index in [1.54, 1.807) is 7.11 Å². The molecule has 2 fully saturated rings. The maximum absolute atomic E-state index is 12.9. The molecule has 2 aliphatic rings. The number of aromatic nitrogens is 2. The number of likely N-dealkylation sites (tertiary alicyclic amines) is 1. The fourth-order valence-electron chi connectivity index (χ4n) is 5.34. The highest BCUT2D eigenvalue weighted by molar-refractivity contribution is 6.32. The summed E-state index contributed by atoms with van der Waals surface area (Å²) in [5.41, 5.74) is 2.11. The minimum Gasteiger partial charge on any atom is -0.494 e. The van der Waals surface area contributed by atoms with Gasteiger partial charge in [-0.1, -0.05) is 18.2 Å². The summed E-state index contributed by atoms with van der Waals surface area (Å²) in [6, 6.07) is 4.38. The highest BCUT2D eigenvalue weighted by Gasteiger charge is 2.25. The molecule has 1 atom stereocenters. The SMILES string of the molecule is C=CC(=O)Nc1cc(Nc2ncc(Cl)c(N[C@@H]3CCCN(CCF)C3)n2)c(OC)cc1N1CCC(N(C)C)CC1. The molecule has 12 heteroatoms. The Bertz CT molecular complexity index is 1170. The van der Waals surface area contributed by atoms with E-state index in [9.17, 15) is 9.18 Å². The number of hydrogen-bond acceptors (Lipinski definition) is 9. The van der Waals surface area contributed by atoms with Crippen molar-refractivity contribution < 1.29 is 13.9 Å². The second-order valence-corrected chi connectivity index (χ2v) is 10.8. The number of anilines is 5. The van der Waals surface area contributed by atoms with E-state index in [0.717, 1.165) is 57.5 Å². The molecule has 2 aromatic rings. The smallest absolute Gasteiger partial charge is 0.247 e. The predicted molar refractivity (Wildman–Crippen MR) is 160 cm³/mol. The molecular weight excluding hydrogens is 535 g/mol. The number of halogens is 2. The lowest BCUT2D eigenvalue weighted by Crippen LogP contribution is -2.43. The van der Waals surface area contributed by atoms with Gasteiger partial charge in [-0.05, 0) is 58.5 Å². The first kappa shape index (κ1) is 29.8. The van der Waals surface area contributed by atoms with Gasteiger partial charge in [0.15, 0.2) is 5.82 Å². The average Bonchev–Trinajstić information content (AvgIpc) is 2.95. The molecule has 0 spiro atoms. The van der Waals surface area contributed by atoms with E-state index in [1.165, 1.54) is 12.3 Å². The summed E-state index contributed by atoms with van der Waals surface area (Å²) in [4.78, 5) is 27.9. The Morgan fingerprint density at radius 1 is 1.25 bits per heavy atom. The van der Waals surface area contributed by atoms with Crippen molar-refractivity contribution in [2.24, 2.45) is 0 Å². The molecule has 218 valence electrons. The molecular formula is C28H40ClFN8O2. The first-order valence-corrected chi connectivity index (χ1v) is 14.1. The van der Waals surface area contributed by atoms with Crippen LogP contribution in [0.4, 0.5) is 33.2 Å². The maximum atomic E-state index is 12.9. The molecule has 0 saturated carbocycles. The highest BCUT2D eigenvalue weighted by Crippen LogP contribution is 2.39. The molecule has 0 radical (unpaired) electrons. The van der Waals surface area contributed by atoms with Crippen LogP contribution in [0, 0.1) is 0 Å². The summed E-state index contributed by atoms with van der Waals surface area (Å²) in [6.45, 7) is 6.99. The van der Waals surface area contributed by atoms with E-state index in [1.807, 2.05) is 12.1 Å². The number of piperidine rings is 2. The molecule has 1 aromatic heterocycles. The third-order valence-electron chi connectivity index (χ3n) is 7.53. The summed E-state index contributed by atoms with van der Waals surface area (Å²) in [5, 5.41) is 9.98. The monoisotopic (exact) mass is 574 g/mol. The zero-order valence-electron chi connectivity index (χ0n) is 23.6. The molecule has 0 unspecified atom stereocenters. The van der Waals surface area contributed by atoms with Crippen molar-refractivity contribution in [1.82, 2.24) is 19.8 Å². The third-order valence-corrected chi connectivity index (χ3v) is 7.81. The zero-order chi connectivity index (χ0) is 28.6. The molecule has 3 heterocycles. The van der Waals surface area contributed by atoms with Gasteiger partial charge in [0.05, 0.1) is 30.4 Å². The van der Waals surface area contributed by atoms with Crippen molar-refractivity contribution in [2.45, 2.75) is 37.8 Å². The van der Waals surface area contributed by atoms with Gasteiger partial charge in [0.2, 0.25) is 11.9 Å². The van der Waals surface area contributed by atoms with Gasteiger partial charge in [0.25, 0.3) is 0 Å². The van der Waals surface area contributed by atoms with Crippen molar-refractivity contribution in [3.05, 3.63) is 36.0 Å². The van der Waals surface area contributed by atoms with Crippen LogP contribution in [0.5, 0.6) is 5.75 Å². The molecule has 10 nitrogen and oxygen atoms in total. The number of carbonyl (C=O) groups is 1. The summed E-state index contributed by atoms with van der Waals surface area (Å²) < 4.78 is 18.6. The predicted octanol–water partition coefficient (Wildman–Crippen LogP) is 4.38. The molecule has 0 bridgehead atoms. The summed E-state index contributed by atoms with van der Waals surface area (Å²) in [5.74, 6) is 1.11. The number of amides is 1. The standard InChI is InChI=1S/C28H40ClFN8O2/c1-5-26(39)33-22-15-23(25(40-4)16-24(22)38-12-8-20(9-13-38)36(2)3)34-28-31-17-21(29)27(35-28)32-19-7-6-11-37(18-19)14-10-30/h5,15-17,19-20H,1,6-14,18H2,2-4H3,(H,33,39)(H2,31,32,34,35)/t19-/m1/s1. The lowest BCUT2D eigenvalue weighted by Gasteiger charge is -2.37. The second kappa shape index (κ2) is 14.0. The van der Waals surface area contributed by atoms with Crippen LogP contribution in [0.2, 0.25) is 5.02 Å². The van der Waals surface area contributed by atoms with E-state index in [2.05, 4.69) is 61.3 Å². The number of carbonyl (C=O) groups excluding carboxylic acids is 1. The molecule has 4 rings (SSSR count). The number of nitrogens with zero attached hydrogens (tertiary/aromatic N) is 5. The molecule has 2 aliphatic heterocycles. The van der Waals surface area contributed by atoms with Crippen molar-refractivity contribution in [3.8, 4) is 5.75 Å². The summed E-state index contributed by atoms with van der Waals surface area (Å²) >= 11 is 6.43. The van der Waals surface area contributed by atoms with Crippen LogP contribution in [0.25, 0.3) is 0 Å².